The van der Waals surface area contributed by atoms with E-state index < -0.39 is 11.5 Å². The maximum Gasteiger partial charge on any atom is 0.162 e. The van der Waals surface area contributed by atoms with E-state index in [1.807, 2.05) is 25.2 Å². The Bertz CT molecular complexity index is 924. The van der Waals surface area contributed by atoms with Crippen molar-refractivity contribution in [2.45, 2.75) is 93.3 Å². The topological polar surface area (TPSA) is 57.5 Å². The van der Waals surface area contributed by atoms with Gasteiger partial charge in [-0.05, 0) is 68.3 Å². The summed E-state index contributed by atoms with van der Waals surface area (Å²) in [7, 11) is 0. The second-order valence-electron chi connectivity index (χ2n) is 12.5. The van der Waals surface area contributed by atoms with Crippen molar-refractivity contribution in [2.24, 2.45) is 28.1 Å². The van der Waals surface area contributed by atoms with Gasteiger partial charge in [-0.25, -0.2) is 0 Å². The van der Waals surface area contributed by atoms with Gasteiger partial charge in [0.25, 0.3) is 0 Å². The minimum absolute atomic E-state index is 0.0835. The van der Waals surface area contributed by atoms with Gasteiger partial charge in [-0.1, -0.05) is 107 Å². The highest BCUT2D eigenvalue weighted by Gasteiger charge is 2.52. The fourth-order valence-corrected chi connectivity index (χ4v) is 6.01. The summed E-state index contributed by atoms with van der Waals surface area (Å²) in [6.45, 7) is 17.0. The molecule has 0 spiro atoms. The van der Waals surface area contributed by atoms with Crippen molar-refractivity contribution in [1.29, 1.82) is 0 Å². The van der Waals surface area contributed by atoms with E-state index in [-0.39, 0.29) is 22.7 Å². The average Bonchev–Trinajstić information content (AvgIpc) is 2.93. The summed E-state index contributed by atoms with van der Waals surface area (Å²) in [4.78, 5) is 12.8. The number of carbonyl (C=O) groups excluding carboxylic acids is 1. The predicted molar refractivity (Wildman–Crippen MR) is 148 cm³/mol. The van der Waals surface area contributed by atoms with E-state index >= 15 is 0 Å². The van der Waals surface area contributed by atoms with Crippen LogP contribution in [0.15, 0.2) is 71.9 Å². The number of carbonyl (C=O) groups is 1. The maximum absolute atomic E-state index is 12.8. The van der Waals surface area contributed by atoms with Gasteiger partial charge in [-0.2, -0.15) is 0 Å². The number of aliphatic hydroxyl groups is 2. The van der Waals surface area contributed by atoms with E-state index in [0.29, 0.717) is 24.7 Å². The van der Waals surface area contributed by atoms with Crippen molar-refractivity contribution < 1.29 is 15.0 Å². The van der Waals surface area contributed by atoms with Crippen LogP contribution < -0.4 is 0 Å². The summed E-state index contributed by atoms with van der Waals surface area (Å²) < 4.78 is 0. The number of hydrogen-bond acceptors (Lipinski definition) is 3. The molecule has 0 heterocycles. The summed E-state index contributed by atoms with van der Waals surface area (Å²) in [5, 5.41) is 20.1. The van der Waals surface area contributed by atoms with Crippen molar-refractivity contribution in [2.75, 3.05) is 0 Å². The van der Waals surface area contributed by atoms with Crippen LogP contribution in [0.5, 0.6) is 0 Å². The third kappa shape index (κ3) is 7.75. The minimum Gasteiger partial charge on any atom is -0.393 e. The van der Waals surface area contributed by atoms with Crippen LogP contribution in [0.4, 0.5) is 0 Å². The summed E-state index contributed by atoms with van der Waals surface area (Å²) in [6.07, 6.45) is 22.4. The van der Waals surface area contributed by atoms with Gasteiger partial charge in [0, 0.05) is 5.41 Å². The molecule has 2 saturated carbocycles. The number of rotatable bonds is 8. The molecule has 0 radical (unpaired) electrons. The fraction of sp³-hybridized carbons (Fsp3) is 0.594. The van der Waals surface area contributed by atoms with E-state index in [2.05, 4.69) is 78.8 Å². The van der Waals surface area contributed by atoms with Gasteiger partial charge in [0.15, 0.2) is 5.78 Å². The summed E-state index contributed by atoms with van der Waals surface area (Å²) >= 11 is 0. The monoisotopic (exact) mass is 480 g/mol. The number of aliphatic hydroxyl groups excluding tert-OH is 2. The Labute approximate surface area is 214 Å². The van der Waals surface area contributed by atoms with E-state index in [1.54, 1.807) is 12.2 Å². The third-order valence-corrected chi connectivity index (χ3v) is 8.46. The second-order valence-corrected chi connectivity index (χ2v) is 12.5. The molecule has 0 aliphatic heterocycles. The lowest BCUT2D eigenvalue weighted by Crippen LogP contribution is -2.38. The first-order valence-electron chi connectivity index (χ1n) is 13.1. The van der Waals surface area contributed by atoms with Gasteiger partial charge in [0.2, 0.25) is 0 Å². The van der Waals surface area contributed by atoms with Crippen molar-refractivity contribution in [3.05, 3.63) is 71.9 Å². The van der Waals surface area contributed by atoms with Gasteiger partial charge in [-0.3, -0.25) is 4.79 Å². The fourth-order valence-electron chi connectivity index (χ4n) is 6.01. The summed E-state index contributed by atoms with van der Waals surface area (Å²) in [5.41, 5.74) is 1.72. The van der Waals surface area contributed by atoms with Crippen LogP contribution in [0.3, 0.4) is 0 Å². The molecule has 0 amide bonds. The third-order valence-electron chi connectivity index (χ3n) is 8.46. The van der Waals surface area contributed by atoms with Gasteiger partial charge in [-0.15, -0.1) is 0 Å². The molecule has 2 N–H and O–H groups in total. The molecule has 2 rings (SSSR count). The van der Waals surface area contributed by atoms with E-state index in [4.69, 9.17) is 0 Å². The van der Waals surface area contributed by atoms with Crippen molar-refractivity contribution >= 4 is 5.78 Å². The highest BCUT2D eigenvalue weighted by Crippen LogP contribution is 2.53. The lowest BCUT2D eigenvalue weighted by Gasteiger charge is -2.43. The van der Waals surface area contributed by atoms with Crippen LogP contribution in [0.2, 0.25) is 0 Å². The Kier molecular flexibility index (Phi) is 9.90. The van der Waals surface area contributed by atoms with Crippen molar-refractivity contribution in [1.82, 2.24) is 0 Å². The zero-order valence-electron chi connectivity index (χ0n) is 23.2. The van der Waals surface area contributed by atoms with E-state index in [1.165, 1.54) is 5.57 Å². The molecular formula is C32H48O3. The number of ketones is 1. The molecule has 2 fully saturated rings. The second kappa shape index (κ2) is 11.8. The molecule has 0 aromatic carbocycles. The molecule has 3 heteroatoms. The minimum atomic E-state index is -0.518. The number of hydrogen-bond donors (Lipinski definition) is 2. The molecule has 0 bridgehead atoms. The molecule has 0 aromatic rings. The van der Waals surface area contributed by atoms with Crippen LogP contribution in [-0.2, 0) is 4.79 Å². The molecule has 2 aliphatic carbocycles. The SMILES string of the molecule is CC(/C=C/C=C(C)/C=C/C1C(C)C[C@H](O)CC1(C)C)=C\C=C\C=C\C(=O)C1(C)C[C@@H](O)CC1(C)C. The largest absolute Gasteiger partial charge is 0.393 e. The molecule has 194 valence electrons. The van der Waals surface area contributed by atoms with Crippen molar-refractivity contribution in [3.63, 3.8) is 0 Å². The highest BCUT2D eigenvalue weighted by molar-refractivity contribution is 5.95. The van der Waals surface area contributed by atoms with Gasteiger partial charge >= 0.3 is 0 Å². The Morgan fingerprint density at radius 3 is 2.00 bits per heavy atom. The van der Waals surface area contributed by atoms with E-state index in [0.717, 1.165) is 18.4 Å². The first kappa shape index (κ1) is 29.3. The summed E-state index contributed by atoms with van der Waals surface area (Å²) in [6, 6.07) is 0. The van der Waals surface area contributed by atoms with Crippen LogP contribution >= 0.6 is 0 Å². The molecule has 0 saturated heterocycles. The lowest BCUT2D eigenvalue weighted by molar-refractivity contribution is -0.127. The van der Waals surface area contributed by atoms with Crippen LogP contribution in [0.25, 0.3) is 0 Å². The highest BCUT2D eigenvalue weighted by atomic mass is 16.3. The maximum atomic E-state index is 12.8. The standard InChI is InChI=1S/C32H48O3/c1-23(13-10-9-11-16-29(35)32(8)22-27(34)21-31(32,6)7)14-12-15-24(2)17-18-28-25(3)19-26(33)20-30(28,4)5/h9-18,25-28,33-34H,19-22H2,1-8H3/b10-9+,14-12+,16-11+,18-17+,23-13+,24-15+/t25?,26-,27-,28?,32?/m0/s1. The van der Waals surface area contributed by atoms with E-state index in [9.17, 15) is 15.0 Å². The Hall–Kier alpha value is -1.97. The average molecular weight is 481 g/mol. The van der Waals surface area contributed by atoms with Crippen LogP contribution in [-0.4, -0.2) is 28.2 Å². The molecule has 5 atom stereocenters. The quantitative estimate of drug-likeness (QED) is 0.283. The van der Waals surface area contributed by atoms with Gasteiger partial charge in [0.1, 0.15) is 0 Å². The molecule has 0 aromatic heterocycles. The first-order valence-corrected chi connectivity index (χ1v) is 13.1. The smallest absolute Gasteiger partial charge is 0.162 e. The molecule has 35 heavy (non-hydrogen) atoms. The van der Waals surface area contributed by atoms with Gasteiger partial charge in [0.05, 0.1) is 12.2 Å². The zero-order valence-corrected chi connectivity index (χ0v) is 23.2. The normalized spacial score (nSPS) is 34.1. The van der Waals surface area contributed by atoms with Crippen LogP contribution in [0, 0.1) is 28.1 Å². The Balaban J connectivity index is 1.90. The van der Waals surface area contributed by atoms with Crippen LogP contribution in [0.1, 0.15) is 81.1 Å². The lowest BCUT2D eigenvalue weighted by atomic mass is 9.63. The molecule has 3 unspecified atom stereocenters. The van der Waals surface area contributed by atoms with Crippen molar-refractivity contribution in [3.8, 4) is 0 Å². The zero-order chi connectivity index (χ0) is 26.4. The molecule has 2 aliphatic rings. The number of allylic oxidation sites excluding steroid dienone is 12. The molecular weight excluding hydrogens is 432 g/mol. The Morgan fingerprint density at radius 1 is 0.771 bits per heavy atom. The first-order chi connectivity index (χ1) is 16.2. The molecule has 3 nitrogen and oxygen atoms in total. The predicted octanol–water partition coefficient (Wildman–Crippen LogP) is 7.29. The Morgan fingerprint density at radius 2 is 1.40 bits per heavy atom. The summed E-state index contributed by atoms with van der Waals surface area (Å²) in [5.74, 6) is 1.03. The van der Waals surface area contributed by atoms with Gasteiger partial charge < -0.3 is 10.2 Å².